The van der Waals surface area contributed by atoms with Crippen LogP contribution in [0, 0.1) is 0 Å². The Balaban J connectivity index is 2.84. The largest absolute Gasteiger partial charge is 0.444 e. The summed E-state index contributed by atoms with van der Waals surface area (Å²) in [7, 11) is -1.88. The van der Waals surface area contributed by atoms with Gasteiger partial charge in [0.05, 0.1) is 11.9 Å². The molecule has 0 spiro atoms. The van der Waals surface area contributed by atoms with Crippen LogP contribution in [0.1, 0.15) is 26.3 Å². The van der Waals surface area contributed by atoms with Gasteiger partial charge in [-0.15, -0.1) is 0 Å². The van der Waals surface area contributed by atoms with E-state index in [0.29, 0.717) is 11.3 Å². The lowest BCUT2D eigenvalue weighted by atomic mass is 10.2. The van der Waals surface area contributed by atoms with Crippen molar-refractivity contribution in [2.75, 3.05) is 17.6 Å². The van der Waals surface area contributed by atoms with Crippen LogP contribution in [-0.4, -0.2) is 33.4 Å². The van der Waals surface area contributed by atoms with E-state index in [9.17, 15) is 13.2 Å². The molecule has 1 rings (SSSR count). The molecule has 6 nitrogen and oxygen atoms in total. The molecule has 0 saturated heterocycles. The summed E-state index contributed by atoms with van der Waals surface area (Å²) in [6, 6.07) is 6.97. The zero-order valence-corrected chi connectivity index (χ0v) is 13.8. The summed E-state index contributed by atoms with van der Waals surface area (Å²) in [6.07, 6.45) is 0.588. The Morgan fingerprint density at radius 1 is 1.29 bits per heavy atom. The number of sulfonamides is 1. The number of alkyl carbamates (subject to hydrolysis) is 1. The summed E-state index contributed by atoms with van der Waals surface area (Å²) in [4.78, 5) is 11.6. The van der Waals surface area contributed by atoms with E-state index in [0.717, 1.165) is 6.26 Å². The number of nitrogens with one attached hydrogen (secondary N) is 1. The molecule has 118 valence electrons. The Kier molecular flexibility index (Phi) is 5.22. The van der Waals surface area contributed by atoms with Gasteiger partial charge >= 0.3 is 6.09 Å². The van der Waals surface area contributed by atoms with E-state index in [1.54, 1.807) is 45.0 Å². The van der Waals surface area contributed by atoms with Crippen LogP contribution >= 0.6 is 0 Å². The Hall–Kier alpha value is -1.76. The van der Waals surface area contributed by atoms with Gasteiger partial charge in [0, 0.05) is 13.6 Å². The molecule has 21 heavy (non-hydrogen) atoms. The van der Waals surface area contributed by atoms with Gasteiger partial charge in [-0.1, -0.05) is 18.2 Å². The first-order chi connectivity index (χ1) is 9.50. The van der Waals surface area contributed by atoms with Crippen molar-refractivity contribution in [1.29, 1.82) is 0 Å². The lowest BCUT2D eigenvalue weighted by Crippen LogP contribution is -2.33. The van der Waals surface area contributed by atoms with Crippen molar-refractivity contribution < 1.29 is 17.9 Å². The number of rotatable bonds is 4. The van der Waals surface area contributed by atoms with Crippen molar-refractivity contribution >= 4 is 21.8 Å². The van der Waals surface area contributed by atoms with Crippen LogP contribution in [0.25, 0.3) is 0 Å². The van der Waals surface area contributed by atoms with E-state index < -0.39 is 21.7 Å². The normalized spacial score (nSPS) is 11.9. The van der Waals surface area contributed by atoms with Crippen LogP contribution in [0.5, 0.6) is 0 Å². The molecule has 0 radical (unpaired) electrons. The molecule has 1 aromatic carbocycles. The van der Waals surface area contributed by atoms with E-state index in [2.05, 4.69) is 5.32 Å². The zero-order valence-electron chi connectivity index (χ0n) is 13.0. The van der Waals surface area contributed by atoms with Crippen LogP contribution in [0.3, 0.4) is 0 Å². The highest BCUT2D eigenvalue weighted by Gasteiger charge is 2.18. The monoisotopic (exact) mass is 314 g/mol. The first kappa shape index (κ1) is 17.3. The molecule has 0 aliphatic rings. The molecule has 1 amide bonds. The molecule has 1 N–H and O–H groups in total. The molecule has 0 heterocycles. The molecule has 0 aliphatic carbocycles. The lowest BCUT2D eigenvalue weighted by Gasteiger charge is -2.22. The number of ether oxygens (including phenoxy) is 1. The highest BCUT2D eigenvalue weighted by Crippen LogP contribution is 2.21. The molecule has 0 bridgehead atoms. The Morgan fingerprint density at radius 3 is 2.38 bits per heavy atom. The van der Waals surface area contributed by atoms with Gasteiger partial charge in [-0.2, -0.15) is 0 Å². The number of nitrogens with zero attached hydrogens (tertiary/aromatic N) is 1. The molecule has 1 aromatic rings. The van der Waals surface area contributed by atoms with Crippen molar-refractivity contribution in [3.05, 3.63) is 29.8 Å². The summed E-state index contributed by atoms with van der Waals surface area (Å²) < 4.78 is 29.6. The maximum atomic E-state index is 11.6. The number of hydrogen-bond donors (Lipinski definition) is 1. The summed E-state index contributed by atoms with van der Waals surface area (Å²) >= 11 is 0. The number of anilines is 1. The highest BCUT2D eigenvalue weighted by molar-refractivity contribution is 7.92. The van der Waals surface area contributed by atoms with Crippen LogP contribution in [0.2, 0.25) is 0 Å². The summed E-state index contributed by atoms with van der Waals surface area (Å²) in [5, 5.41) is 2.62. The van der Waals surface area contributed by atoms with Gasteiger partial charge in [-0.3, -0.25) is 4.31 Å². The highest BCUT2D eigenvalue weighted by atomic mass is 32.2. The summed E-state index contributed by atoms with van der Waals surface area (Å²) in [5.74, 6) is 0. The minimum absolute atomic E-state index is 0.185. The fourth-order valence-electron chi connectivity index (χ4n) is 1.63. The van der Waals surface area contributed by atoms with Crippen molar-refractivity contribution in [3.63, 3.8) is 0 Å². The average Bonchev–Trinajstić information content (AvgIpc) is 2.32. The first-order valence-electron chi connectivity index (χ1n) is 6.49. The van der Waals surface area contributed by atoms with Gasteiger partial charge in [0.1, 0.15) is 5.60 Å². The van der Waals surface area contributed by atoms with Gasteiger partial charge in [0.25, 0.3) is 0 Å². The van der Waals surface area contributed by atoms with Gasteiger partial charge in [-0.25, -0.2) is 13.2 Å². The average molecular weight is 314 g/mol. The number of hydrogen-bond acceptors (Lipinski definition) is 4. The van der Waals surface area contributed by atoms with Gasteiger partial charge in [0.15, 0.2) is 0 Å². The second-order valence-corrected chi connectivity index (χ2v) is 7.73. The molecule has 0 fully saturated rings. The van der Waals surface area contributed by atoms with E-state index in [4.69, 9.17) is 4.74 Å². The number of carbonyl (C=O) groups is 1. The van der Waals surface area contributed by atoms with E-state index in [-0.39, 0.29) is 6.54 Å². The molecule has 0 aliphatic heterocycles. The van der Waals surface area contributed by atoms with Gasteiger partial charge in [-0.05, 0) is 32.4 Å². The topological polar surface area (TPSA) is 75.7 Å². The van der Waals surface area contributed by atoms with Gasteiger partial charge < -0.3 is 10.1 Å². The van der Waals surface area contributed by atoms with Crippen LogP contribution in [0.4, 0.5) is 10.5 Å². The number of carbonyl (C=O) groups excluding carboxylic acids is 1. The minimum Gasteiger partial charge on any atom is -0.444 e. The van der Waals surface area contributed by atoms with Crippen molar-refractivity contribution in [2.24, 2.45) is 0 Å². The quantitative estimate of drug-likeness (QED) is 0.923. The predicted octanol–water partition coefficient (Wildman–Crippen LogP) is 2.11. The summed E-state index contributed by atoms with van der Waals surface area (Å²) in [5.41, 5.74) is 0.639. The molecular formula is C14H22N2O4S. The predicted molar refractivity (Wildman–Crippen MR) is 82.8 cm³/mol. The first-order valence-corrected chi connectivity index (χ1v) is 8.34. The van der Waals surface area contributed by atoms with Crippen molar-refractivity contribution in [2.45, 2.75) is 32.9 Å². The van der Waals surface area contributed by atoms with E-state index >= 15 is 0 Å². The molecule has 0 aromatic heterocycles. The lowest BCUT2D eigenvalue weighted by molar-refractivity contribution is 0.0523. The molecule has 7 heteroatoms. The van der Waals surface area contributed by atoms with Crippen molar-refractivity contribution in [1.82, 2.24) is 5.32 Å². The van der Waals surface area contributed by atoms with Gasteiger partial charge in [0.2, 0.25) is 10.0 Å². The Bertz CT molecular complexity index is 606. The maximum Gasteiger partial charge on any atom is 0.407 e. The smallest absolute Gasteiger partial charge is 0.407 e. The SMILES string of the molecule is CN(c1ccccc1CNC(=O)OC(C)(C)C)S(C)(=O)=O. The zero-order chi connectivity index (χ0) is 16.3. The number of para-hydroxylation sites is 1. The van der Waals surface area contributed by atoms with Crippen LogP contribution in [-0.2, 0) is 21.3 Å². The molecule has 0 unspecified atom stereocenters. The van der Waals surface area contributed by atoms with E-state index in [1.165, 1.54) is 11.4 Å². The molecular weight excluding hydrogens is 292 g/mol. The molecule has 0 saturated carbocycles. The number of benzene rings is 1. The standard InChI is InChI=1S/C14H22N2O4S/c1-14(2,3)20-13(17)15-10-11-8-6-7-9-12(11)16(4)21(5,18)19/h6-9H,10H2,1-5H3,(H,15,17). The third kappa shape index (κ3) is 5.63. The van der Waals surface area contributed by atoms with Crippen LogP contribution in [0.15, 0.2) is 24.3 Å². The van der Waals surface area contributed by atoms with E-state index in [1.807, 2.05) is 0 Å². The maximum absolute atomic E-state index is 11.6. The third-order valence-corrected chi connectivity index (χ3v) is 3.84. The second kappa shape index (κ2) is 6.34. The molecule has 0 atom stereocenters. The Morgan fingerprint density at radius 2 is 1.86 bits per heavy atom. The fraction of sp³-hybridized carbons (Fsp3) is 0.500. The second-order valence-electron chi connectivity index (χ2n) is 5.71. The third-order valence-electron chi connectivity index (χ3n) is 2.65. The fourth-order valence-corrected chi connectivity index (χ4v) is 2.16. The minimum atomic E-state index is -3.36. The van der Waals surface area contributed by atoms with Crippen molar-refractivity contribution in [3.8, 4) is 0 Å². The Labute approximate surface area is 126 Å². The van der Waals surface area contributed by atoms with Crippen LogP contribution < -0.4 is 9.62 Å². The summed E-state index contributed by atoms with van der Waals surface area (Å²) in [6.45, 7) is 5.51. The number of amides is 1.